The van der Waals surface area contributed by atoms with Crippen LogP contribution in [0.5, 0.6) is 0 Å². The highest BCUT2D eigenvalue weighted by molar-refractivity contribution is 8.11. The summed E-state index contributed by atoms with van der Waals surface area (Å²) in [6, 6.07) is 5.10. The second kappa shape index (κ2) is 5.46. The van der Waals surface area contributed by atoms with E-state index in [1.54, 1.807) is 0 Å². The third-order valence-electron chi connectivity index (χ3n) is 3.85. The third-order valence-corrected chi connectivity index (χ3v) is 4.80. The Hall–Kier alpha value is -2.12. The first-order chi connectivity index (χ1) is 11.1. The van der Waals surface area contributed by atoms with Gasteiger partial charge in [0, 0.05) is 16.0 Å². The van der Waals surface area contributed by atoms with Gasteiger partial charge in [-0.25, -0.2) is 0 Å². The highest BCUT2D eigenvalue weighted by Crippen LogP contribution is 2.44. The van der Waals surface area contributed by atoms with Crippen LogP contribution in [0.25, 0.3) is 4.91 Å². The molecular weight excluding hydrogens is 341 g/mol. The summed E-state index contributed by atoms with van der Waals surface area (Å²) in [6.07, 6.45) is -2.06. The molecular formula is C17H11F3O3S. The average Bonchev–Trinajstić information content (AvgIpc) is 2.52. The Bertz CT molecular complexity index is 845. The third kappa shape index (κ3) is 2.63. The molecule has 0 saturated heterocycles. The number of hydrogen-bond donors (Lipinski definition) is 1. The van der Waals surface area contributed by atoms with Crippen LogP contribution >= 0.6 is 11.8 Å². The molecule has 1 unspecified atom stereocenters. The molecule has 1 aromatic carbocycles. The number of aliphatic hydroxyl groups is 1. The molecule has 1 atom stereocenters. The van der Waals surface area contributed by atoms with Crippen molar-refractivity contribution in [1.29, 1.82) is 0 Å². The van der Waals surface area contributed by atoms with Gasteiger partial charge < -0.3 is 5.11 Å². The number of alkyl halides is 3. The average molecular weight is 352 g/mol. The zero-order valence-electron chi connectivity index (χ0n) is 12.3. The predicted octanol–water partition coefficient (Wildman–Crippen LogP) is 3.51. The number of ketones is 2. The van der Waals surface area contributed by atoms with Crippen molar-refractivity contribution in [3.05, 3.63) is 64.1 Å². The zero-order valence-corrected chi connectivity index (χ0v) is 13.2. The maximum atomic E-state index is 13.2. The van der Waals surface area contributed by atoms with Gasteiger partial charge in [-0.1, -0.05) is 30.0 Å². The highest BCUT2D eigenvalue weighted by atomic mass is 32.2. The minimum absolute atomic E-state index is 0.0246. The first kappa shape index (κ1) is 16.7. The lowest BCUT2D eigenvalue weighted by Gasteiger charge is -2.28. The summed E-state index contributed by atoms with van der Waals surface area (Å²) >= 11 is 0.953. The van der Waals surface area contributed by atoms with E-state index in [0.717, 1.165) is 30.8 Å². The number of rotatable bonds is 1. The molecule has 2 aliphatic rings. The number of fused-ring (bicyclic) bond motifs is 1. The molecule has 0 aromatic heterocycles. The van der Waals surface area contributed by atoms with Crippen LogP contribution in [0.2, 0.25) is 0 Å². The van der Waals surface area contributed by atoms with E-state index >= 15 is 0 Å². The normalized spacial score (nSPS) is 24.1. The van der Waals surface area contributed by atoms with Crippen LogP contribution in [-0.2, 0) is 15.8 Å². The number of benzene rings is 1. The first-order valence-electron chi connectivity index (χ1n) is 6.91. The number of carbonyl (C=O) groups is 2. The molecule has 3 nitrogen and oxygen atoms in total. The molecule has 1 aromatic rings. The fourth-order valence-electron chi connectivity index (χ4n) is 2.49. The standard InChI is InChI=1S/C17H11F3O3S/c1-16(23)14(21)7-9-6-13(24-8-11(9)15(16)22)10-4-2-3-5-12(10)17(18,19)20/h2-8,23H,1H3. The molecule has 0 spiro atoms. The van der Waals surface area contributed by atoms with Crippen molar-refractivity contribution < 1.29 is 27.9 Å². The monoisotopic (exact) mass is 352 g/mol. The summed E-state index contributed by atoms with van der Waals surface area (Å²) in [5.74, 6) is -1.54. The Labute approximate surface area is 139 Å². The van der Waals surface area contributed by atoms with Crippen LogP contribution in [0.1, 0.15) is 18.1 Å². The van der Waals surface area contributed by atoms with Crippen molar-refractivity contribution in [2.45, 2.75) is 18.7 Å². The van der Waals surface area contributed by atoms with E-state index in [9.17, 15) is 27.9 Å². The summed E-state index contributed by atoms with van der Waals surface area (Å²) < 4.78 is 39.5. The van der Waals surface area contributed by atoms with Crippen LogP contribution < -0.4 is 0 Å². The van der Waals surface area contributed by atoms with Gasteiger partial charge in [-0.05, 0) is 36.1 Å². The maximum Gasteiger partial charge on any atom is 0.417 e. The molecule has 7 heteroatoms. The molecule has 1 N–H and O–H groups in total. The summed E-state index contributed by atoms with van der Waals surface area (Å²) in [6.45, 7) is 1.11. The van der Waals surface area contributed by atoms with Gasteiger partial charge in [-0.3, -0.25) is 9.59 Å². The van der Waals surface area contributed by atoms with Crippen molar-refractivity contribution in [3.8, 4) is 0 Å². The van der Waals surface area contributed by atoms with E-state index in [1.807, 2.05) is 0 Å². The molecule has 0 fully saturated rings. The van der Waals surface area contributed by atoms with Crippen LogP contribution in [0.4, 0.5) is 13.2 Å². The molecule has 1 aliphatic heterocycles. The Morgan fingerprint density at radius 3 is 2.46 bits per heavy atom. The molecule has 124 valence electrons. The Balaban J connectivity index is 2.09. The van der Waals surface area contributed by atoms with Crippen LogP contribution in [0, 0.1) is 0 Å². The lowest BCUT2D eigenvalue weighted by molar-refractivity contribution is -0.144. The number of allylic oxidation sites excluding steroid dienone is 2. The van der Waals surface area contributed by atoms with Gasteiger partial charge in [0.15, 0.2) is 11.4 Å². The second-order valence-electron chi connectivity index (χ2n) is 5.57. The van der Waals surface area contributed by atoms with E-state index < -0.39 is 28.9 Å². The van der Waals surface area contributed by atoms with Crippen LogP contribution in [-0.4, -0.2) is 22.3 Å². The first-order valence-corrected chi connectivity index (χ1v) is 7.79. The second-order valence-corrected chi connectivity index (χ2v) is 6.48. The largest absolute Gasteiger partial charge is 0.417 e. The summed E-state index contributed by atoms with van der Waals surface area (Å²) in [7, 11) is 0. The number of carbonyl (C=O) groups excluding carboxylic acids is 2. The fraction of sp³-hybridized carbons (Fsp3) is 0.176. The Kier molecular flexibility index (Phi) is 3.80. The maximum absolute atomic E-state index is 13.2. The van der Waals surface area contributed by atoms with Gasteiger partial charge in [0.2, 0.25) is 5.78 Å². The van der Waals surface area contributed by atoms with Gasteiger partial charge in [0.05, 0.1) is 5.56 Å². The predicted molar refractivity (Wildman–Crippen MR) is 83.8 cm³/mol. The highest BCUT2D eigenvalue weighted by Gasteiger charge is 2.44. The Morgan fingerprint density at radius 2 is 1.79 bits per heavy atom. The molecule has 0 radical (unpaired) electrons. The van der Waals surface area contributed by atoms with E-state index in [0.29, 0.717) is 0 Å². The van der Waals surface area contributed by atoms with Crippen molar-refractivity contribution in [2.75, 3.05) is 0 Å². The fourth-order valence-corrected chi connectivity index (χ4v) is 3.48. The summed E-state index contributed by atoms with van der Waals surface area (Å²) in [5, 5.41) is 11.3. The van der Waals surface area contributed by atoms with Gasteiger partial charge >= 0.3 is 6.18 Å². The molecule has 0 saturated carbocycles. The van der Waals surface area contributed by atoms with Crippen molar-refractivity contribution in [1.82, 2.24) is 0 Å². The summed E-state index contributed by atoms with van der Waals surface area (Å²) in [4.78, 5) is 24.3. The Morgan fingerprint density at radius 1 is 1.12 bits per heavy atom. The number of halogens is 3. The lowest BCUT2D eigenvalue weighted by Crippen LogP contribution is -2.46. The van der Waals surface area contributed by atoms with Crippen LogP contribution in [0.3, 0.4) is 0 Å². The van der Waals surface area contributed by atoms with Crippen LogP contribution in [0.15, 0.2) is 53.0 Å². The van der Waals surface area contributed by atoms with E-state index in [4.69, 9.17) is 0 Å². The minimum Gasteiger partial charge on any atom is -0.374 e. The molecule has 0 bridgehead atoms. The minimum atomic E-state index is -4.52. The van der Waals surface area contributed by atoms with Crippen molar-refractivity contribution in [3.63, 3.8) is 0 Å². The molecule has 24 heavy (non-hydrogen) atoms. The molecule has 1 aliphatic carbocycles. The van der Waals surface area contributed by atoms with E-state index in [-0.39, 0.29) is 21.6 Å². The topological polar surface area (TPSA) is 54.4 Å². The quantitative estimate of drug-likeness (QED) is 0.786. The summed E-state index contributed by atoms with van der Waals surface area (Å²) in [5.41, 5.74) is -2.62. The molecule has 0 amide bonds. The van der Waals surface area contributed by atoms with Gasteiger partial charge in [-0.2, -0.15) is 13.2 Å². The van der Waals surface area contributed by atoms with Gasteiger partial charge in [-0.15, -0.1) is 0 Å². The molecule has 3 rings (SSSR count). The van der Waals surface area contributed by atoms with Gasteiger partial charge in [0.1, 0.15) is 0 Å². The molecule has 1 heterocycles. The number of Topliss-reactive ketones (excluding diaryl/α,β-unsaturated/α-hetero) is 1. The number of hydrogen-bond acceptors (Lipinski definition) is 4. The number of thioether (sulfide) groups is 1. The smallest absolute Gasteiger partial charge is 0.374 e. The van der Waals surface area contributed by atoms with E-state index in [2.05, 4.69) is 0 Å². The van der Waals surface area contributed by atoms with Crippen molar-refractivity contribution in [2.24, 2.45) is 0 Å². The van der Waals surface area contributed by atoms with Crippen molar-refractivity contribution >= 4 is 28.2 Å². The SMILES string of the molecule is CC1(O)C(=O)C=C2C=C(c3ccccc3C(F)(F)F)SC=C2C1=O. The van der Waals surface area contributed by atoms with E-state index in [1.165, 1.54) is 29.7 Å². The van der Waals surface area contributed by atoms with Gasteiger partial charge in [0.25, 0.3) is 0 Å². The zero-order chi connectivity index (χ0) is 17.7. The lowest BCUT2D eigenvalue weighted by atomic mass is 9.81.